The summed E-state index contributed by atoms with van der Waals surface area (Å²) in [5.41, 5.74) is 0. The largest absolute Gasteiger partial charge is 0.261 e. The Balaban J connectivity index is 4.52. The first-order valence-corrected chi connectivity index (χ1v) is 12.4. The van der Waals surface area contributed by atoms with Crippen LogP contribution in [-0.2, 0) is 0 Å². The Morgan fingerprint density at radius 2 is 0.880 bits per heavy atom. The summed E-state index contributed by atoms with van der Waals surface area (Å²) in [7, 11) is 0. The average Bonchev–Trinajstić information content (AvgIpc) is 2.61. The molecule has 0 radical (unpaired) electrons. The molecular formula is C24H39Al. The van der Waals surface area contributed by atoms with Gasteiger partial charge in [0.2, 0.25) is 0 Å². The topological polar surface area (TPSA) is 0 Å². The normalized spacial score (nSPS) is 15.5. The van der Waals surface area contributed by atoms with Crippen molar-refractivity contribution in [1.82, 2.24) is 0 Å². The van der Waals surface area contributed by atoms with Gasteiger partial charge in [0.05, 0.1) is 0 Å². The fourth-order valence-corrected chi connectivity index (χ4v) is 6.88. The van der Waals surface area contributed by atoms with Gasteiger partial charge in [0.15, 0.2) is 0 Å². The summed E-state index contributed by atoms with van der Waals surface area (Å²) in [6.07, 6.45) is 22.8. The van der Waals surface area contributed by atoms with Gasteiger partial charge in [-0.25, -0.2) is 0 Å². The van der Waals surface area contributed by atoms with E-state index < -0.39 is 14.1 Å². The second kappa shape index (κ2) is 16.4. The van der Waals surface area contributed by atoms with Crippen LogP contribution in [0.25, 0.3) is 0 Å². The van der Waals surface area contributed by atoms with E-state index in [2.05, 4.69) is 77.0 Å². The van der Waals surface area contributed by atoms with E-state index in [0.717, 1.165) is 0 Å². The highest BCUT2D eigenvalue weighted by Crippen LogP contribution is 2.22. The molecule has 0 fully saturated rings. The van der Waals surface area contributed by atoms with Gasteiger partial charge in [-0.1, -0.05) is 130 Å². The van der Waals surface area contributed by atoms with E-state index in [-0.39, 0.29) is 0 Å². The van der Waals surface area contributed by atoms with E-state index in [4.69, 9.17) is 0 Å². The Bertz CT molecular complexity index is 374. The van der Waals surface area contributed by atoms with Crippen LogP contribution in [0.5, 0.6) is 0 Å². The minimum atomic E-state index is -0.683. The molecule has 0 aliphatic rings. The van der Waals surface area contributed by atoms with Gasteiger partial charge in [-0.3, -0.25) is 0 Å². The molecule has 0 saturated heterocycles. The Labute approximate surface area is 162 Å². The van der Waals surface area contributed by atoms with Crippen molar-refractivity contribution >= 4 is 14.1 Å². The molecule has 0 N–H and O–H groups in total. The molecule has 0 nitrogen and oxygen atoms in total. The van der Waals surface area contributed by atoms with E-state index >= 15 is 0 Å². The zero-order chi connectivity index (χ0) is 18.9. The maximum atomic E-state index is 3.77. The molecule has 0 aliphatic carbocycles. The number of allylic oxidation sites excluding steroid dienone is 9. The van der Waals surface area contributed by atoms with Crippen molar-refractivity contribution in [1.29, 1.82) is 0 Å². The number of hydrogen-bond acceptors (Lipinski definition) is 0. The second-order valence-electron chi connectivity index (χ2n) is 7.39. The standard InChI is InChI=1S/3C8H13.Al/c3*1-4-6-7-8(3)5-2;/h3*4,6-8H,1-2,5H2,3H3;. The zero-order valence-corrected chi connectivity index (χ0v) is 18.0. The van der Waals surface area contributed by atoms with Crippen molar-refractivity contribution in [2.75, 3.05) is 0 Å². The van der Waals surface area contributed by atoms with Gasteiger partial charge >= 0.3 is 0 Å². The third-order valence-electron chi connectivity index (χ3n) is 4.82. The zero-order valence-electron chi connectivity index (χ0n) is 16.9. The molecule has 0 rings (SSSR count). The first-order chi connectivity index (χ1) is 12.0. The fourth-order valence-electron chi connectivity index (χ4n) is 3.02. The molecule has 0 aromatic heterocycles. The van der Waals surface area contributed by atoms with Crippen molar-refractivity contribution in [3.8, 4) is 0 Å². The molecule has 138 valence electrons. The molecular weight excluding hydrogens is 315 g/mol. The summed E-state index contributed by atoms with van der Waals surface area (Å²) in [4.78, 5) is 0. The predicted octanol–water partition coefficient (Wildman–Crippen LogP) is 7.79. The van der Waals surface area contributed by atoms with Gasteiger partial charge in [0.25, 0.3) is 14.1 Å². The van der Waals surface area contributed by atoms with Gasteiger partial charge in [-0.2, -0.15) is 0 Å². The summed E-state index contributed by atoms with van der Waals surface area (Å²) in [6, 6.07) is 0. The summed E-state index contributed by atoms with van der Waals surface area (Å²) in [5, 5.41) is 4.37. The Morgan fingerprint density at radius 3 is 1.12 bits per heavy atom. The molecule has 3 atom stereocenters. The lowest BCUT2D eigenvalue weighted by molar-refractivity contribution is 0.655. The first-order valence-electron chi connectivity index (χ1n) is 9.91. The summed E-state index contributed by atoms with van der Waals surface area (Å²) < 4.78 is 0. The van der Waals surface area contributed by atoms with Crippen LogP contribution in [0.2, 0.25) is 15.8 Å². The molecule has 0 spiro atoms. The Morgan fingerprint density at radius 1 is 0.600 bits per heavy atom. The van der Waals surface area contributed by atoms with Crippen molar-refractivity contribution in [3.05, 3.63) is 74.4 Å². The van der Waals surface area contributed by atoms with Crippen LogP contribution in [-0.4, -0.2) is 14.1 Å². The summed E-state index contributed by atoms with van der Waals surface area (Å²) in [6.45, 7) is 18.3. The first kappa shape index (κ1) is 24.0. The van der Waals surface area contributed by atoms with Crippen molar-refractivity contribution < 1.29 is 0 Å². The van der Waals surface area contributed by atoms with Crippen molar-refractivity contribution in [2.24, 2.45) is 17.8 Å². The van der Waals surface area contributed by atoms with Crippen molar-refractivity contribution in [3.63, 3.8) is 0 Å². The van der Waals surface area contributed by atoms with Gasteiger partial charge in [-0.05, 0) is 17.8 Å². The highest BCUT2D eigenvalue weighted by molar-refractivity contribution is 6.58. The molecule has 0 aromatic rings. The lowest BCUT2D eigenvalue weighted by Gasteiger charge is -2.16. The molecule has 25 heavy (non-hydrogen) atoms. The van der Waals surface area contributed by atoms with Crippen LogP contribution >= 0.6 is 0 Å². The van der Waals surface area contributed by atoms with Crippen LogP contribution in [0.1, 0.15) is 40.0 Å². The molecule has 1 heteroatoms. The van der Waals surface area contributed by atoms with E-state index in [1.54, 1.807) is 0 Å². The van der Waals surface area contributed by atoms with E-state index in [0.29, 0.717) is 17.8 Å². The maximum Gasteiger partial charge on any atom is 0.261 e. The third kappa shape index (κ3) is 15.0. The third-order valence-corrected chi connectivity index (χ3v) is 8.27. The molecule has 0 bridgehead atoms. The monoisotopic (exact) mass is 354 g/mol. The van der Waals surface area contributed by atoms with Gasteiger partial charge in [0, 0.05) is 0 Å². The minimum absolute atomic E-state index is 0.671. The predicted molar refractivity (Wildman–Crippen MR) is 120 cm³/mol. The fraction of sp³-hybridized carbons (Fsp3) is 0.500. The van der Waals surface area contributed by atoms with E-state index in [9.17, 15) is 0 Å². The Hall–Kier alpha value is -1.03. The second-order valence-corrected chi connectivity index (χ2v) is 10.9. The van der Waals surface area contributed by atoms with E-state index in [1.807, 2.05) is 18.2 Å². The number of hydrogen-bond donors (Lipinski definition) is 0. The lowest BCUT2D eigenvalue weighted by atomic mass is 10.1. The molecule has 3 unspecified atom stereocenters. The van der Waals surface area contributed by atoms with Crippen LogP contribution in [0.15, 0.2) is 74.4 Å². The number of rotatable bonds is 15. The van der Waals surface area contributed by atoms with Crippen LogP contribution in [0, 0.1) is 17.8 Å². The van der Waals surface area contributed by atoms with Gasteiger partial charge in [0.1, 0.15) is 0 Å². The molecule has 0 saturated carbocycles. The lowest BCUT2D eigenvalue weighted by Crippen LogP contribution is -2.15. The highest BCUT2D eigenvalue weighted by atomic mass is 27.2. The SMILES string of the molecule is C=CC=CC(C)C[CH2][Al]([CH2]CC(C)C=CC=C)[CH2]CC(C)C=CC=C. The van der Waals surface area contributed by atoms with Crippen LogP contribution in [0.4, 0.5) is 0 Å². The summed E-state index contributed by atoms with van der Waals surface area (Å²) >= 11 is -0.683. The van der Waals surface area contributed by atoms with Crippen LogP contribution in [0.3, 0.4) is 0 Å². The summed E-state index contributed by atoms with van der Waals surface area (Å²) in [5.74, 6) is 2.01. The maximum absolute atomic E-state index is 3.77. The quantitative estimate of drug-likeness (QED) is 0.208. The average molecular weight is 355 g/mol. The van der Waals surface area contributed by atoms with Crippen LogP contribution < -0.4 is 0 Å². The smallest absolute Gasteiger partial charge is 0.0991 e. The van der Waals surface area contributed by atoms with E-state index in [1.165, 1.54) is 35.1 Å². The van der Waals surface area contributed by atoms with Gasteiger partial charge in [-0.15, -0.1) is 0 Å². The molecule has 0 amide bonds. The van der Waals surface area contributed by atoms with Gasteiger partial charge < -0.3 is 0 Å². The minimum Gasteiger partial charge on any atom is -0.0991 e. The van der Waals surface area contributed by atoms with Crippen molar-refractivity contribution in [2.45, 2.75) is 55.9 Å². The Kier molecular flexibility index (Phi) is 15.8. The molecule has 0 heterocycles. The molecule has 0 aromatic carbocycles. The molecule has 0 aliphatic heterocycles. The highest BCUT2D eigenvalue weighted by Gasteiger charge is 2.18.